The number of alkyl halides is 1. The summed E-state index contributed by atoms with van der Waals surface area (Å²) in [5.41, 5.74) is 3.09. The maximum absolute atomic E-state index is 12.7. The highest BCUT2D eigenvalue weighted by atomic mass is 35.5. The summed E-state index contributed by atoms with van der Waals surface area (Å²) in [5.74, 6) is 0.303. The molecule has 0 aromatic heterocycles. The van der Waals surface area contributed by atoms with E-state index in [1.807, 2.05) is 27.9 Å². The van der Waals surface area contributed by atoms with Crippen LogP contribution in [0.15, 0.2) is 54.6 Å². The molecule has 0 spiro atoms. The number of halogens is 1. The Morgan fingerprint density at radius 3 is 2.19 bits per heavy atom. The molecule has 0 aliphatic carbocycles. The first-order chi connectivity index (χ1) is 14.8. The van der Waals surface area contributed by atoms with E-state index in [1.165, 1.54) is 16.9 Å². The largest absolute Gasteiger partial charge is 0.378 e. The summed E-state index contributed by atoms with van der Waals surface area (Å²) in [7, 11) is 4.09. The van der Waals surface area contributed by atoms with Gasteiger partial charge in [0, 0.05) is 64.1 Å². The molecule has 5 nitrogen and oxygen atoms in total. The van der Waals surface area contributed by atoms with Crippen LogP contribution in [0.3, 0.4) is 0 Å². The highest BCUT2D eigenvalue weighted by Crippen LogP contribution is 2.26. The average molecular weight is 443 g/mol. The molecule has 1 saturated heterocycles. The Kier molecular flexibility index (Phi) is 7.84. The Balaban J connectivity index is 1.73. The van der Waals surface area contributed by atoms with Crippen LogP contribution in [0.25, 0.3) is 0 Å². The van der Waals surface area contributed by atoms with Gasteiger partial charge < -0.3 is 15.1 Å². The third-order valence-electron chi connectivity index (χ3n) is 6.08. The second-order valence-electron chi connectivity index (χ2n) is 9.09. The SMILES string of the molecule is CN(C)c1ccc([C@H](CNC(=O)C(C)(C)CCl)N2CCN(c3ccccc3)CC2)cc1. The zero-order valence-electron chi connectivity index (χ0n) is 19.1. The van der Waals surface area contributed by atoms with Crippen molar-refractivity contribution in [3.63, 3.8) is 0 Å². The molecule has 2 aromatic rings. The number of amides is 1. The maximum Gasteiger partial charge on any atom is 0.226 e. The summed E-state index contributed by atoms with van der Waals surface area (Å²) in [5, 5.41) is 3.16. The number of nitrogens with one attached hydrogen (secondary N) is 1. The van der Waals surface area contributed by atoms with Crippen molar-refractivity contribution >= 4 is 28.9 Å². The Hall–Kier alpha value is -2.24. The molecule has 2 aromatic carbocycles. The zero-order valence-corrected chi connectivity index (χ0v) is 19.9. The van der Waals surface area contributed by atoms with Crippen molar-refractivity contribution < 1.29 is 4.79 Å². The zero-order chi connectivity index (χ0) is 22.4. The van der Waals surface area contributed by atoms with Gasteiger partial charge in [0.15, 0.2) is 0 Å². The number of carbonyl (C=O) groups is 1. The number of hydrogen-bond acceptors (Lipinski definition) is 4. The Bertz CT molecular complexity index is 830. The van der Waals surface area contributed by atoms with Crippen molar-refractivity contribution in [2.45, 2.75) is 19.9 Å². The first-order valence-electron chi connectivity index (χ1n) is 11.0. The number of benzene rings is 2. The predicted molar refractivity (Wildman–Crippen MR) is 131 cm³/mol. The van der Waals surface area contributed by atoms with Gasteiger partial charge in [0.2, 0.25) is 5.91 Å². The van der Waals surface area contributed by atoms with Gasteiger partial charge in [-0.1, -0.05) is 30.3 Å². The van der Waals surface area contributed by atoms with Crippen molar-refractivity contribution in [1.82, 2.24) is 10.2 Å². The summed E-state index contributed by atoms with van der Waals surface area (Å²) >= 11 is 6.01. The van der Waals surface area contributed by atoms with Crippen molar-refractivity contribution in [1.29, 1.82) is 0 Å². The van der Waals surface area contributed by atoms with Crippen molar-refractivity contribution in [2.24, 2.45) is 5.41 Å². The highest BCUT2D eigenvalue weighted by molar-refractivity contribution is 6.19. The Morgan fingerprint density at radius 2 is 1.65 bits per heavy atom. The van der Waals surface area contributed by atoms with E-state index in [9.17, 15) is 4.79 Å². The number of piperazine rings is 1. The first kappa shape index (κ1) is 23.4. The van der Waals surface area contributed by atoms with Gasteiger partial charge in [0.05, 0.1) is 11.5 Å². The third-order valence-corrected chi connectivity index (χ3v) is 6.74. The Morgan fingerprint density at radius 1 is 1.03 bits per heavy atom. The monoisotopic (exact) mass is 442 g/mol. The summed E-state index contributed by atoms with van der Waals surface area (Å²) in [6, 6.07) is 19.4. The molecule has 1 N–H and O–H groups in total. The smallest absolute Gasteiger partial charge is 0.226 e. The summed E-state index contributed by atoms with van der Waals surface area (Å²) in [4.78, 5) is 19.7. The van der Waals surface area contributed by atoms with E-state index in [4.69, 9.17) is 11.6 Å². The van der Waals surface area contributed by atoms with Crippen LogP contribution in [0.1, 0.15) is 25.5 Å². The molecule has 0 radical (unpaired) electrons. The number of para-hydroxylation sites is 1. The van der Waals surface area contributed by atoms with Gasteiger partial charge in [-0.05, 0) is 43.7 Å². The minimum absolute atomic E-state index is 0.000309. The van der Waals surface area contributed by atoms with Crippen molar-refractivity contribution in [2.75, 3.05) is 62.5 Å². The Labute approximate surface area is 192 Å². The van der Waals surface area contributed by atoms with Gasteiger partial charge >= 0.3 is 0 Å². The number of nitrogens with zero attached hydrogens (tertiary/aromatic N) is 3. The van der Waals surface area contributed by atoms with Crippen LogP contribution in [-0.4, -0.2) is 63.5 Å². The van der Waals surface area contributed by atoms with Crippen LogP contribution in [-0.2, 0) is 4.79 Å². The van der Waals surface area contributed by atoms with Gasteiger partial charge in [-0.15, -0.1) is 11.6 Å². The number of anilines is 2. The van der Waals surface area contributed by atoms with Crippen LogP contribution in [0, 0.1) is 5.41 Å². The topological polar surface area (TPSA) is 38.8 Å². The van der Waals surface area contributed by atoms with E-state index in [-0.39, 0.29) is 11.9 Å². The minimum atomic E-state index is -0.576. The van der Waals surface area contributed by atoms with E-state index in [0.717, 1.165) is 26.2 Å². The molecule has 1 heterocycles. The lowest BCUT2D eigenvalue weighted by atomic mass is 9.94. The predicted octanol–water partition coefficient (Wildman–Crippen LogP) is 4.00. The lowest BCUT2D eigenvalue weighted by Crippen LogP contribution is -2.50. The normalized spacial score (nSPS) is 16.1. The summed E-state index contributed by atoms with van der Waals surface area (Å²) in [6.07, 6.45) is 0. The van der Waals surface area contributed by atoms with Crippen LogP contribution >= 0.6 is 11.6 Å². The van der Waals surface area contributed by atoms with Gasteiger partial charge in [-0.3, -0.25) is 9.69 Å². The van der Waals surface area contributed by atoms with Gasteiger partial charge in [-0.2, -0.15) is 0 Å². The molecule has 6 heteroatoms. The number of carbonyl (C=O) groups excluding carboxylic acids is 1. The number of rotatable bonds is 8. The second-order valence-corrected chi connectivity index (χ2v) is 9.36. The van der Waals surface area contributed by atoms with E-state index in [0.29, 0.717) is 12.4 Å². The van der Waals surface area contributed by atoms with Crippen LogP contribution in [0.5, 0.6) is 0 Å². The molecule has 0 unspecified atom stereocenters. The maximum atomic E-state index is 12.7. The molecular weight excluding hydrogens is 408 g/mol. The second kappa shape index (κ2) is 10.4. The van der Waals surface area contributed by atoms with E-state index >= 15 is 0 Å². The van der Waals surface area contributed by atoms with Crippen LogP contribution < -0.4 is 15.1 Å². The van der Waals surface area contributed by atoms with Gasteiger partial charge in [-0.25, -0.2) is 0 Å². The molecule has 1 aliphatic heterocycles. The minimum Gasteiger partial charge on any atom is -0.378 e. The molecule has 1 atom stereocenters. The summed E-state index contributed by atoms with van der Waals surface area (Å²) in [6.45, 7) is 8.18. The molecule has 31 heavy (non-hydrogen) atoms. The molecule has 168 valence electrons. The fourth-order valence-electron chi connectivity index (χ4n) is 3.87. The molecule has 1 amide bonds. The standard InChI is InChI=1S/C25H35ClN4O/c1-25(2,19-26)24(31)27-18-23(20-10-12-21(13-11-20)28(3)4)30-16-14-29(15-17-30)22-8-6-5-7-9-22/h5-13,23H,14-19H2,1-4H3,(H,27,31)/t23-/m0/s1. The van der Waals surface area contributed by atoms with Crippen molar-refractivity contribution in [3.8, 4) is 0 Å². The van der Waals surface area contributed by atoms with Gasteiger partial charge in [0.25, 0.3) is 0 Å². The quantitative estimate of drug-likeness (QED) is 0.627. The number of hydrogen-bond donors (Lipinski definition) is 1. The van der Waals surface area contributed by atoms with Gasteiger partial charge in [0.1, 0.15) is 0 Å². The fraction of sp³-hybridized carbons (Fsp3) is 0.480. The summed E-state index contributed by atoms with van der Waals surface area (Å²) < 4.78 is 0. The molecule has 1 fully saturated rings. The van der Waals surface area contributed by atoms with Crippen molar-refractivity contribution in [3.05, 3.63) is 60.2 Å². The van der Waals surface area contributed by atoms with Crippen LogP contribution in [0.2, 0.25) is 0 Å². The molecular formula is C25H35ClN4O. The van der Waals surface area contributed by atoms with Crippen LogP contribution in [0.4, 0.5) is 11.4 Å². The fourth-order valence-corrected chi connectivity index (χ4v) is 3.99. The first-order valence-corrected chi connectivity index (χ1v) is 11.5. The molecule has 0 bridgehead atoms. The average Bonchev–Trinajstić information content (AvgIpc) is 2.80. The van der Waals surface area contributed by atoms with E-state index < -0.39 is 5.41 Å². The van der Waals surface area contributed by atoms with E-state index in [2.05, 4.69) is 74.6 Å². The third kappa shape index (κ3) is 5.92. The van der Waals surface area contributed by atoms with E-state index in [1.54, 1.807) is 0 Å². The lowest BCUT2D eigenvalue weighted by molar-refractivity contribution is -0.128. The molecule has 1 aliphatic rings. The molecule has 3 rings (SSSR count). The molecule has 0 saturated carbocycles. The lowest BCUT2D eigenvalue weighted by Gasteiger charge is -2.40. The highest BCUT2D eigenvalue weighted by Gasteiger charge is 2.30.